The van der Waals surface area contributed by atoms with E-state index in [1.165, 1.54) is 0 Å². The van der Waals surface area contributed by atoms with Crippen LogP contribution in [0, 0.1) is 0 Å². The number of carbonyl (C=O) groups is 3. The molecule has 3 heterocycles. The zero-order valence-corrected chi connectivity index (χ0v) is 17.2. The number of morpholine rings is 1. The zero-order chi connectivity index (χ0) is 20.6. The van der Waals surface area contributed by atoms with Gasteiger partial charge in [0.1, 0.15) is 12.1 Å². The molecule has 154 valence electrons. The van der Waals surface area contributed by atoms with E-state index in [-0.39, 0.29) is 12.5 Å². The maximum Gasteiger partial charge on any atom is 0.325 e. The highest BCUT2D eigenvalue weighted by molar-refractivity contribution is 7.22. The first-order chi connectivity index (χ1) is 13.9. The summed E-state index contributed by atoms with van der Waals surface area (Å²) in [7, 11) is 0. The summed E-state index contributed by atoms with van der Waals surface area (Å²) in [4.78, 5) is 44.7. The number of benzene rings is 1. The molecule has 9 nitrogen and oxygen atoms in total. The van der Waals surface area contributed by atoms with Crippen molar-refractivity contribution >= 4 is 50.2 Å². The largest absolute Gasteiger partial charge is 0.378 e. The number of hydrogen-bond acceptors (Lipinski definition) is 7. The maximum absolute atomic E-state index is 12.4. The molecule has 0 unspecified atom stereocenters. The fourth-order valence-corrected chi connectivity index (χ4v) is 4.41. The van der Waals surface area contributed by atoms with Gasteiger partial charge in [0, 0.05) is 18.8 Å². The van der Waals surface area contributed by atoms with E-state index in [9.17, 15) is 14.4 Å². The van der Waals surface area contributed by atoms with Gasteiger partial charge in [0.05, 0.1) is 23.4 Å². The molecule has 0 aliphatic carbocycles. The molecule has 4 amide bonds. The van der Waals surface area contributed by atoms with Crippen LogP contribution in [0.25, 0.3) is 10.2 Å². The predicted molar refractivity (Wildman–Crippen MR) is 110 cm³/mol. The number of imide groups is 1. The number of ether oxygens (including phenoxy) is 1. The highest BCUT2D eigenvalue weighted by atomic mass is 32.1. The number of fused-ring (bicyclic) bond motifs is 1. The second-order valence-corrected chi connectivity index (χ2v) is 8.34. The molecule has 2 fully saturated rings. The Kier molecular flexibility index (Phi) is 5.13. The minimum absolute atomic E-state index is 0.319. The van der Waals surface area contributed by atoms with Crippen LogP contribution in [0.5, 0.6) is 0 Å². The van der Waals surface area contributed by atoms with E-state index in [1.54, 1.807) is 24.3 Å². The number of amides is 4. The van der Waals surface area contributed by atoms with Gasteiger partial charge in [0.25, 0.3) is 5.91 Å². The molecular formula is C19H23N5O4S. The number of nitrogens with one attached hydrogen (secondary N) is 2. The first kappa shape index (κ1) is 19.6. The van der Waals surface area contributed by atoms with Crippen LogP contribution in [0.2, 0.25) is 0 Å². The van der Waals surface area contributed by atoms with Crippen LogP contribution in [0.3, 0.4) is 0 Å². The lowest BCUT2D eigenvalue weighted by Crippen LogP contribution is -2.44. The molecule has 2 aromatic rings. The third-order valence-electron chi connectivity index (χ3n) is 5.30. The topological polar surface area (TPSA) is 104 Å². The fraction of sp³-hybridized carbons (Fsp3) is 0.474. The third-order valence-corrected chi connectivity index (χ3v) is 6.38. The highest BCUT2D eigenvalue weighted by Gasteiger charge is 2.46. The first-order valence-corrected chi connectivity index (χ1v) is 10.4. The number of urea groups is 1. The summed E-state index contributed by atoms with van der Waals surface area (Å²) in [6, 6.07) is 4.94. The van der Waals surface area contributed by atoms with Crippen LogP contribution < -0.4 is 15.5 Å². The quantitative estimate of drug-likeness (QED) is 0.719. The average molecular weight is 417 g/mol. The summed E-state index contributed by atoms with van der Waals surface area (Å²) < 4.78 is 6.34. The van der Waals surface area contributed by atoms with Crippen molar-refractivity contribution in [1.82, 2.24) is 15.2 Å². The van der Waals surface area contributed by atoms with Gasteiger partial charge in [-0.1, -0.05) is 18.3 Å². The molecule has 2 N–H and O–H groups in total. The third kappa shape index (κ3) is 3.77. The molecule has 1 atom stereocenters. The molecule has 0 bridgehead atoms. The molecule has 0 spiro atoms. The van der Waals surface area contributed by atoms with Gasteiger partial charge in [-0.3, -0.25) is 14.5 Å². The molecule has 2 saturated heterocycles. The lowest BCUT2D eigenvalue weighted by molar-refractivity contribution is -0.133. The maximum atomic E-state index is 12.4. The normalized spacial score (nSPS) is 22.3. The van der Waals surface area contributed by atoms with Crippen LogP contribution in [0.15, 0.2) is 18.2 Å². The lowest BCUT2D eigenvalue weighted by Gasteiger charge is -2.25. The van der Waals surface area contributed by atoms with Crippen LogP contribution in [0.4, 0.5) is 15.6 Å². The molecular weight excluding hydrogens is 394 g/mol. The Morgan fingerprint density at radius 2 is 2.10 bits per heavy atom. The van der Waals surface area contributed by atoms with Crippen molar-refractivity contribution in [2.24, 2.45) is 0 Å². The van der Waals surface area contributed by atoms with Crippen LogP contribution in [-0.2, 0) is 14.3 Å². The van der Waals surface area contributed by atoms with Crippen molar-refractivity contribution in [2.45, 2.75) is 25.8 Å². The Balaban J connectivity index is 1.44. The summed E-state index contributed by atoms with van der Waals surface area (Å²) in [5, 5.41) is 6.35. The number of rotatable bonds is 5. The second-order valence-electron chi connectivity index (χ2n) is 7.33. The first-order valence-electron chi connectivity index (χ1n) is 9.57. The number of thiazole rings is 1. The van der Waals surface area contributed by atoms with Crippen molar-refractivity contribution in [1.29, 1.82) is 0 Å². The molecule has 29 heavy (non-hydrogen) atoms. The van der Waals surface area contributed by atoms with Gasteiger partial charge in [-0.25, -0.2) is 9.78 Å². The van der Waals surface area contributed by atoms with E-state index < -0.39 is 17.5 Å². The van der Waals surface area contributed by atoms with Gasteiger partial charge >= 0.3 is 6.03 Å². The number of aromatic nitrogens is 1. The minimum Gasteiger partial charge on any atom is -0.378 e. The molecule has 2 aliphatic rings. The van der Waals surface area contributed by atoms with Crippen molar-refractivity contribution in [2.75, 3.05) is 43.1 Å². The van der Waals surface area contributed by atoms with Gasteiger partial charge in [-0.05, 0) is 31.5 Å². The van der Waals surface area contributed by atoms with E-state index in [0.717, 1.165) is 33.3 Å². The van der Waals surface area contributed by atoms with Gasteiger partial charge in [-0.15, -0.1) is 0 Å². The standard InChI is InChI=1S/C19H23N5O4S/c1-3-19(2)16(26)24(17(27)22-19)11-15(25)20-12-4-5-13-14(10-12)29-18(21-13)23-6-8-28-9-7-23/h4-5,10H,3,6-9,11H2,1-2H3,(H,20,25)(H,22,27)/t19-/m0/s1. The second kappa shape index (κ2) is 7.60. The van der Waals surface area contributed by atoms with Crippen molar-refractivity contribution in [3.63, 3.8) is 0 Å². The highest BCUT2D eigenvalue weighted by Crippen LogP contribution is 2.31. The van der Waals surface area contributed by atoms with Crippen molar-refractivity contribution < 1.29 is 19.1 Å². The van der Waals surface area contributed by atoms with Gasteiger partial charge < -0.3 is 20.3 Å². The van der Waals surface area contributed by atoms with E-state index in [4.69, 9.17) is 4.74 Å². The predicted octanol–water partition coefficient (Wildman–Crippen LogP) is 1.79. The van der Waals surface area contributed by atoms with Gasteiger partial charge in [-0.2, -0.15) is 0 Å². The SMILES string of the molecule is CC[C@]1(C)NC(=O)N(CC(=O)Nc2ccc3nc(N4CCOCC4)sc3c2)C1=O. The molecule has 2 aliphatic heterocycles. The molecule has 1 aromatic carbocycles. The number of nitrogens with zero attached hydrogens (tertiary/aromatic N) is 3. The molecule has 10 heteroatoms. The lowest BCUT2D eigenvalue weighted by atomic mass is 9.99. The van der Waals surface area contributed by atoms with Gasteiger partial charge in [0.15, 0.2) is 5.13 Å². The van der Waals surface area contributed by atoms with Crippen molar-refractivity contribution in [3.8, 4) is 0 Å². The molecule has 1 aromatic heterocycles. The number of carbonyl (C=O) groups excluding carboxylic acids is 3. The molecule has 0 radical (unpaired) electrons. The Bertz CT molecular complexity index is 971. The van der Waals surface area contributed by atoms with Crippen molar-refractivity contribution in [3.05, 3.63) is 18.2 Å². The summed E-state index contributed by atoms with van der Waals surface area (Å²) in [6.07, 6.45) is 0.462. The van der Waals surface area contributed by atoms with E-state index in [1.807, 2.05) is 19.1 Å². The van der Waals surface area contributed by atoms with E-state index >= 15 is 0 Å². The average Bonchev–Trinajstić information content (AvgIpc) is 3.23. The monoisotopic (exact) mass is 417 g/mol. The zero-order valence-electron chi connectivity index (χ0n) is 16.4. The Hall–Kier alpha value is -2.72. The van der Waals surface area contributed by atoms with Gasteiger partial charge in [0.2, 0.25) is 5.91 Å². The minimum atomic E-state index is -0.950. The number of hydrogen-bond donors (Lipinski definition) is 2. The van der Waals surface area contributed by atoms with Crippen LogP contribution >= 0.6 is 11.3 Å². The van der Waals surface area contributed by atoms with Crippen LogP contribution in [-0.4, -0.2) is 66.1 Å². The summed E-state index contributed by atoms with van der Waals surface area (Å²) in [5.41, 5.74) is 0.515. The smallest absolute Gasteiger partial charge is 0.325 e. The Labute approximate surface area is 172 Å². The molecule has 0 saturated carbocycles. The molecule has 4 rings (SSSR count). The van der Waals surface area contributed by atoms with E-state index in [0.29, 0.717) is 25.3 Å². The Morgan fingerprint density at radius 1 is 1.34 bits per heavy atom. The summed E-state index contributed by atoms with van der Waals surface area (Å²) >= 11 is 1.56. The summed E-state index contributed by atoms with van der Waals surface area (Å²) in [6.45, 7) is 6.17. The number of anilines is 2. The van der Waals surface area contributed by atoms with E-state index in [2.05, 4.69) is 20.5 Å². The van der Waals surface area contributed by atoms with Crippen LogP contribution in [0.1, 0.15) is 20.3 Å². The summed E-state index contributed by atoms with van der Waals surface area (Å²) in [5.74, 6) is -0.806. The Morgan fingerprint density at radius 3 is 2.79 bits per heavy atom. The fourth-order valence-electron chi connectivity index (χ4n) is 3.35.